The molecule has 0 saturated heterocycles. The average Bonchev–Trinajstić information content (AvgIpc) is 2.73. The lowest BCUT2D eigenvalue weighted by Gasteiger charge is -2.04. The number of nitrogens with one attached hydrogen (secondary N) is 2. The maximum atomic E-state index is 5.07. The first-order valence-electron chi connectivity index (χ1n) is 4.94. The van der Waals surface area contributed by atoms with Crippen LogP contribution in [0.1, 0.15) is 11.5 Å². The van der Waals surface area contributed by atoms with Gasteiger partial charge in [0.2, 0.25) is 0 Å². The van der Waals surface area contributed by atoms with Crippen LogP contribution >= 0.6 is 0 Å². The number of aromatic nitrogens is 3. The number of rotatable bonds is 4. The van der Waals surface area contributed by atoms with Crippen LogP contribution in [0.5, 0.6) is 0 Å². The molecule has 2 aromatic heterocycles. The molecular weight excluding hydrogens is 206 g/mol. The third kappa shape index (κ3) is 2.47. The molecule has 0 bridgehead atoms. The highest BCUT2D eigenvalue weighted by molar-refractivity contribution is 5.45. The summed E-state index contributed by atoms with van der Waals surface area (Å²) in [6.45, 7) is 2.44. The van der Waals surface area contributed by atoms with Crippen molar-refractivity contribution in [1.29, 1.82) is 0 Å². The van der Waals surface area contributed by atoms with Gasteiger partial charge in [-0.1, -0.05) is 5.16 Å². The largest absolute Gasteiger partial charge is 0.373 e. The van der Waals surface area contributed by atoms with Crippen molar-refractivity contribution < 1.29 is 4.52 Å². The Morgan fingerprint density at radius 1 is 1.25 bits per heavy atom. The summed E-state index contributed by atoms with van der Waals surface area (Å²) in [5.41, 5.74) is 0.871. The molecule has 6 nitrogen and oxygen atoms in total. The Hall–Kier alpha value is -2.11. The quantitative estimate of drug-likeness (QED) is 0.810. The van der Waals surface area contributed by atoms with Crippen molar-refractivity contribution in [2.75, 3.05) is 17.7 Å². The van der Waals surface area contributed by atoms with E-state index in [9.17, 15) is 0 Å². The number of anilines is 2. The molecule has 2 heterocycles. The summed E-state index contributed by atoms with van der Waals surface area (Å²) in [7, 11) is 1.81. The second-order valence-corrected chi connectivity index (χ2v) is 3.33. The summed E-state index contributed by atoms with van der Waals surface area (Å²) >= 11 is 0. The molecule has 6 heteroatoms. The number of hydrogen-bond acceptors (Lipinski definition) is 6. The fourth-order valence-electron chi connectivity index (χ4n) is 1.27. The van der Waals surface area contributed by atoms with Crippen LogP contribution < -0.4 is 10.6 Å². The molecule has 0 radical (unpaired) electrons. The van der Waals surface area contributed by atoms with Gasteiger partial charge < -0.3 is 15.2 Å². The third-order valence-corrected chi connectivity index (χ3v) is 2.04. The van der Waals surface area contributed by atoms with Gasteiger partial charge in [0, 0.05) is 19.2 Å². The summed E-state index contributed by atoms with van der Waals surface area (Å²) in [5.74, 6) is 2.29. The van der Waals surface area contributed by atoms with Crippen molar-refractivity contribution in [2.24, 2.45) is 0 Å². The molecule has 0 aliphatic rings. The van der Waals surface area contributed by atoms with Crippen LogP contribution in [0.2, 0.25) is 0 Å². The van der Waals surface area contributed by atoms with Gasteiger partial charge in [0.15, 0.2) is 5.76 Å². The van der Waals surface area contributed by atoms with Gasteiger partial charge in [-0.05, 0) is 6.92 Å². The topological polar surface area (TPSA) is 75.9 Å². The predicted molar refractivity (Wildman–Crippen MR) is 60.1 cm³/mol. The molecule has 0 aromatic carbocycles. The van der Waals surface area contributed by atoms with Crippen LogP contribution in [-0.2, 0) is 6.54 Å². The Bertz CT molecular complexity index is 468. The van der Waals surface area contributed by atoms with E-state index in [1.54, 1.807) is 0 Å². The fourth-order valence-corrected chi connectivity index (χ4v) is 1.27. The average molecular weight is 219 g/mol. The molecule has 0 amide bonds. The summed E-state index contributed by atoms with van der Waals surface area (Å²) in [6, 6.07) is 3.70. The zero-order chi connectivity index (χ0) is 11.4. The Morgan fingerprint density at radius 3 is 2.75 bits per heavy atom. The van der Waals surface area contributed by atoms with E-state index in [0.29, 0.717) is 6.54 Å². The van der Waals surface area contributed by atoms with Gasteiger partial charge in [-0.15, -0.1) is 0 Å². The van der Waals surface area contributed by atoms with Crippen LogP contribution in [0, 0.1) is 6.92 Å². The molecule has 16 heavy (non-hydrogen) atoms. The van der Waals surface area contributed by atoms with Crippen LogP contribution in [0.4, 0.5) is 11.6 Å². The van der Waals surface area contributed by atoms with E-state index in [4.69, 9.17) is 4.52 Å². The van der Waals surface area contributed by atoms with Crippen molar-refractivity contribution in [3.8, 4) is 0 Å². The van der Waals surface area contributed by atoms with E-state index in [1.807, 2.05) is 26.1 Å². The zero-order valence-electron chi connectivity index (χ0n) is 9.19. The minimum absolute atomic E-state index is 0.557. The molecule has 2 rings (SSSR count). The van der Waals surface area contributed by atoms with Gasteiger partial charge in [0.25, 0.3) is 0 Å². The second kappa shape index (κ2) is 4.61. The van der Waals surface area contributed by atoms with Crippen molar-refractivity contribution in [3.05, 3.63) is 29.9 Å². The van der Waals surface area contributed by atoms with E-state index < -0.39 is 0 Å². The van der Waals surface area contributed by atoms with Crippen molar-refractivity contribution >= 4 is 11.6 Å². The SMILES string of the molecule is CNc1cc(NCc2cc(C)no2)ncn1. The highest BCUT2D eigenvalue weighted by atomic mass is 16.5. The lowest BCUT2D eigenvalue weighted by molar-refractivity contribution is 0.384. The Balaban J connectivity index is 1.99. The molecular formula is C10H13N5O. The first-order chi connectivity index (χ1) is 7.78. The molecule has 0 saturated carbocycles. The van der Waals surface area contributed by atoms with Crippen LogP contribution in [0.3, 0.4) is 0 Å². The lowest BCUT2D eigenvalue weighted by Crippen LogP contribution is -2.02. The van der Waals surface area contributed by atoms with Crippen LogP contribution in [-0.4, -0.2) is 22.2 Å². The molecule has 0 atom stereocenters. The Kier molecular flexibility index (Phi) is 3.00. The van der Waals surface area contributed by atoms with Gasteiger partial charge in [-0.3, -0.25) is 0 Å². The lowest BCUT2D eigenvalue weighted by atomic mass is 10.4. The first kappa shape index (κ1) is 10.4. The predicted octanol–water partition coefficient (Wildman–Crippen LogP) is 1.43. The van der Waals surface area contributed by atoms with Crippen LogP contribution in [0.15, 0.2) is 23.0 Å². The maximum Gasteiger partial charge on any atom is 0.156 e. The van der Waals surface area contributed by atoms with Crippen molar-refractivity contribution in [3.63, 3.8) is 0 Å². The third-order valence-electron chi connectivity index (χ3n) is 2.04. The minimum atomic E-state index is 0.557. The molecule has 0 aliphatic carbocycles. The smallest absolute Gasteiger partial charge is 0.156 e. The molecule has 2 aromatic rings. The normalized spacial score (nSPS) is 10.1. The highest BCUT2D eigenvalue weighted by Gasteiger charge is 2.01. The van der Waals surface area contributed by atoms with E-state index in [-0.39, 0.29) is 0 Å². The van der Waals surface area contributed by atoms with Crippen molar-refractivity contribution in [2.45, 2.75) is 13.5 Å². The number of nitrogens with zero attached hydrogens (tertiary/aromatic N) is 3. The first-order valence-corrected chi connectivity index (χ1v) is 4.94. The second-order valence-electron chi connectivity index (χ2n) is 3.33. The van der Waals surface area contributed by atoms with Crippen LogP contribution in [0.25, 0.3) is 0 Å². The van der Waals surface area contributed by atoms with E-state index >= 15 is 0 Å². The Morgan fingerprint density at radius 2 is 2.06 bits per heavy atom. The summed E-state index contributed by atoms with van der Waals surface area (Å²) < 4.78 is 5.07. The molecule has 0 aliphatic heterocycles. The minimum Gasteiger partial charge on any atom is -0.373 e. The van der Waals surface area contributed by atoms with Gasteiger partial charge in [-0.2, -0.15) is 0 Å². The summed E-state index contributed by atoms with van der Waals surface area (Å²) in [6.07, 6.45) is 1.50. The molecule has 0 fully saturated rings. The van der Waals surface area contributed by atoms with Gasteiger partial charge in [0.05, 0.1) is 12.2 Å². The molecule has 2 N–H and O–H groups in total. The Labute approximate surface area is 93.1 Å². The summed E-state index contributed by atoms with van der Waals surface area (Å²) in [5, 5.41) is 9.87. The monoisotopic (exact) mass is 219 g/mol. The van der Waals surface area contributed by atoms with E-state index in [1.165, 1.54) is 6.33 Å². The maximum absolute atomic E-state index is 5.07. The van der Waals surface area contributed by atoms with E-state index in [2.05, 4.69) is 25.8 Å². The van der Waals surface area contributed by atoms with Gasteiger partial charge in [0.1, 0.15) is 18.0 Å². The fraction of sp³-hybridized carbons (Fsp3) is 0.300. The number of aryl methyl sites for hydroxylation is 1. The molecule has 0 unspecified atom stereocenters. The van der Waals surface area contributed by atoms with E-state index in [0.717, 1.165) is 23.1 Å². The molecule has 84 valence electrons. The van der Waals surface area contributed by atoms with Gasteiger partial charge in [-0.25, -0.2) is 9.97 Å². The standard InChI is InChI=1S/C10H13N5O/c1-7-3-8(16-15-7)5-12-10-4-9(11-2)13-6-14-10/h3-4,6H,5H2,1-2H3,(H2,11,12,13,14). The van der Waals surface area contributed by atoms with Crippen molar-refractivity contribution in [1.82, 2.24) is 15.1 Å². The molecule has 0 spiro atoms. The summed E-state index contributed by atoms with van der Waals surface area (Å²) in [4.78, 5) is 8.10. The number of hydrogen-bond donors (Lipinski definition) is 2. The van der Waals surface area contributed by atoms with Gasteiger partial charge >= 0.3 is 0 Å². The zero-order valence-corrected chi connectivity index (χ0v) is 9.19. The highest BCUT2D eigenvalue weighted by Crippen LogP contribution is 2.10.